The predicted molar refractivity (Wildman–Crippen MR) is 97.4 cm³/mol. The lowest BCUT2D eigenvalue weighted by Gasteiger charge is -2.38. The minimum Gasteiger partial charge on any atom is -0.347 e. The highest BCUT2D eigenvalue weighted by Crippen LogP contribution is 2.32. The third-order valence-corrected chi connectivity index (χ3v) is 6.90. The Bertz CT molecular complexity index is 563. The van der Waals surface area contributed by atoms with Crippen molar-refractivity contribution in [3.8, 4) is 0 Å². The first-order valence-corrected chi connectivity index (χ1v) is 10.3. The van der Waals surface area contributed by atoms with Crippen LogP contribution in [0.1, 0.15) is 38.5 Å². The number of anilines is 1. The maximum absolute atomic E-state index is 13.3. The van der Waals surface area contributed by atoms with E-state index >= 15 is 0 Å². The van der Waals surface area contributed by atoms with Gasteiger partial charge in [-0.05, 0) is 52.1 Å². The molecule has 24 heavy (non-hydrogen) atoms. The van der Waals surface area contributed by atoms with Crippen LogP contribution < -0.4 is 4.90 Å². The molecule has 0 unspecified atom stereocenters. The fourth-order valence-electron chi connectivity index (χ4n) is 4.85. The molecule has 3 atom stereocenters. The molecule has 0 aromatic carbocycles. The summed E-state index contributed by atoms with van der Waals surface area (Å²) in [6.07, 6.45) is 8.87. The molecule has 4 heterocycles. The largest absolute Gasteiger partial charge is 0.347 e. The highest BCUT2D eigenvalue weighted by Gasteiger charge is 2.41. The van der Waals surface area contributed by atoms with E-state index in [1.807, 2.05) is 11.6 Å². The number of thiazole rings is 1. The second-order valence-electron chi connectivity index (χ2n) is 7.53. The van der Waals surface area contributed by atoms with Gasteiger partial charge in [0.2, 0.25) is 5.91 Å². The van der Waals surface area contributed by atoms with E-state index in [1.165, 1.54) is 32.2 Å². The number of likely N-dealkylation sites (tertiary alicyclic amines) is 2. The molecular weight excluding hydrogens is 320 g/mol. The summed E-state index contributed by atoms with van der Waals surface area (Å²) in [4.78, 5) is 24.7. The van der Waals surface area contributed by atoms with Crippen LogP contribution >= 0.6 is 11.3 Å². The molecule has 3 fully saturated rings. The first-order chi connectivity index (χ1) is 11.7. The van der Waals surface area contributed by atoms with Gasteiger partial charge in [0, 0.05) is 43.3 Å². The smallest absolute Gasteiger partial charge is 0.227 e. The molecule has 0 saturated carbocycles. The van der Waals surface area contributed by atoms with E-state index in [4.69, 9.17) is 0 Å². The molecule has 6 heteroatoms. The van der Waals surface area contributed by atoms with Crippen LogP contribution in [0.2, 0.25) is 0 Å². The van der Waals surface area contributed by atoms with E-state index in [9.17, 15) is 4.79 Å². The van der Waals surface area contributed by atoms with Crippen molar-refractivity contribution < 1.29 is 4.79 Å². The number of piperidine rings is 1. The summed E-state index contributed by atoms with van der Waals surface area (Å²) in [5.74, 6) is 0.550. The first kappa shape index (κ1) is 16.3. The Kier molecular flexibility index (Phi) is 4.77. The number of rotatable bonds is 3. The zero-order valence-electron chi connectivity index (χ0n) is 14.6. The Morgan fingerprint density at radius 1 is 1.12 bits per heavy atom. The van der Waals surface area contributed by atoms with Crippen LogP contribution in [-0.4, -0.2) is 66.0 Å². The fraction of sp³-hybridized carbons (Fsp3) is 0.778. The van der Waals surface area contributed by atoms with Crippen LogP contribution in [0, 0.1) is 5.92 Å². The van der Waals surface area contributed by atoms with Crippen molar-refractivity contribution >= 4 is 22.4 Å². The van der Waals surface area contributed by atoms with Crippen molar-refractivity contribution in [1.29, 1.82) is 0 Å². The van der Waals surface area contributed by atoms with E-state index in [0.29, 0.717) is 18.0 Å². The monoisotopic (exact) mass is 348 g/mol. The molecule has 1 amide bonds. The molecule has 4 rings (SSSR count). The van der Waals surface area contributed by atoms with Crippen LogP contribution in [0.4, 0.5) is 5.13 Å². The van der Waals surface area contributed by atoms with Crippen LogP contribution in [0.5, 0.6) is 0 Å². The number of nitrogens with zero attached hydrogens (tertiary/aromatic N) is 4. The lowest BCUT2D eigenvalue weighted by Crippen LogP contribution is -2.51. The van der Waals surface area contributed by atoms with Gasteiger partial charge < -0.3 is 14.7 Å². The molecule has 0 aliphatic carbocycles. The summed E-state index contributed by atoms with van der Waals surface area (Å²) in [5, 5.41) is 3.09. The third-order valence-electron chi connectivity index (χ3n) is 6.06. The van der Waals surface area contributed by atoms with E-state index in [0.717, 1.165) is 37.6 Å². The topological polar surface area (TPSA) is 39.7 Å². The number of amides is 1. The molecule has 1 aromatic heterocycles. The van der Waals surface area contributed by atoms with Gasteiger partial charge >= 0.3 is 0 Å². The molecule has 3 saturated heterocycles. The quantitative estimate of drug-likeness (QED) is 0.841. The fourth-order valence-corrected chi connectivity index (χ4v) is 5.53. The second kappa shape index (κ2) is 7.00. The van der Waals surface area contributed by atoms with Crippen LogP contribution in [0.3, 0.4) is 0 Å². The normalized spacial score (nSPS) is 31.8. The van der Waals surface area contributed by atoms with Gasteiger partial charge in [-0.3, -0.25) is 4.79 Å². The number of likely N-dealkylation sites (N-methyl/N-ethyl adjacent to an activating group) is 1. The molecule has 1 aromatic rings. The Hall–Kier alpha value is -1.14. The van der Waals surface area contributed by atoms with Crippen molar-refractivity contribution in [3.05, 3.63) is 11.6 Å². The zero-order chi connectivity index (χ0) is 16.5. The summed E-state index contributed by atoms with van der Waals surface area (Å²) in [7, 11) is 2.23. The lowest BCUT2D eigenvalue weighted by atomic mass is 9.95. The molecule has 0 radical (unpaired) electrons. The summed E-state index contributed by atoms with van der Waals surface area (Å²) in [6, 6.07) is 1.02. The summed E-state index contributed by atoms with van der Waals surface area (Å²) in [5.41, 5.74) is 0. The second-order valence-corrected chi connectivity index (χ2v) is 8.40. The molecule has 0 spiro atoms. The Morgan fingerprint density at radius 2 is 1.92 bits per heavy atom. The van der Waals surface area contributed by atoms with Crippen molar-refractivity contribution in [2.24, 2.45) is 5.92 Å². The Labute approximate surface area is 148 Å². The van der Waals surface area contributed by atoms with Gasteiger partial charge in [0.15, 0.2) is 5.13 Å². The van der Waals surface area contributed by atoms with Crippen molar-refractivity contribution in [2.45, 2.75) is 50.6 Å². The highest BCUT2D eigenvalue weighted by molar-refractivity contribution is 7.13. The van der Waals surface area contributed by atoms with Gasteiger partial charge in [0.1, 0.15) is 0 Å². The molecule has 3 aliphatic heterocycles. The van der Waals surface area contributed by atoms with E-state index in [-0.39, 0.29) is 5.92 Å². The summed E-state index contributed by atoms with van der Waals surface area (Å²) in [6.45, 7) is 4.02. The van der Waals surface area contributed by atoms with Gasteiger partial charge in [-0.2, -0.15) is 0 Å². The predicted octanol–water partition coefficient (Wildman–Crippen LogP) is 2.44. The first-order valence-electron chi connectivity index (χ1n) is 9.39. The maximum atomic E-state index is 13.3. The minimum atomic E-state index is 0.148. The van der Waals surface area contributed by atoms with Gasteiger partial charge in [-0.1, -0.05) is 0 Å². The lowest BCUT2D eigenvalue weighted by molar-refractivity contribution is -0.137. The molecule has 5 nitrogen and oxygen atoms in total. The molecule has 132 valence electrons. The SMILES string of the molecule is CN1CCC[C@@H]1[C@@H]1CCCN1C(=O)[C@H]1CCCN(c2nccs2)C1. The highest BCUT2D eigenvalue weighted by atomic mass is 32.1. The molecule has 0 N–H and O–H groups in total. The summed E-state index contributed by atoms with van der Waals surface area (Å²) < 4.78 is 0. The van der Waals surface area contributed by atoms with E-state index in [1.54, 1.807) is 11.3 Å². The van der Waals surface area contributed by atoms with Gasteiger partial charge in [0.25, 0.3) is 0 Å². The zero-order valence-corrected chi connectivity index (χ0v) is 15.4. The molecular formula is C18H28N4OS. The van der Waals surface area contributed by atoms with Crippen molar-refractivity contribution in [1.82, 2.24) is 14.8 Å². The summed E-state index contributed by atoms with van der Waals surface area (Å²) >= 11 is 1.68. The minimum absolute atomic E-state index is 0.148. The third kappa shape index (κ3) is 3.06. The van der Waals surface area contributed by atoms with Crippen molar-refractivity contribution in [3.63, 3.8) is 0 Å². The van der Waals surface area contributed by atoms with Crippen LogP contribution in [0.25, 0.3) is 0 Å². The van der Waals surface area contributed by atoms with Gasteiger partial charge in [-0.25, -0.2) is 4.98 Å². The molecule has 3 aliphatic rings. The maximum Gasteiger partial charge on any atom is 0.227 e. The molecule has 0 bridgehead atoms. The average molecular weight is 349 g/mol. The van der Waals surface area contributed by atoms with Crippen LogP contribution in [-0.2, 0) is 4.79 Å². The standard InChI is InChI=1S/C18H28N4OS/c1-20-9-3-6-15(20)16-7-4-11-22(16)17(23)14-5-2-10-21(13-14)18-19-8-12-24-18/h8,12,14-16H,2-7,9-11,13H2,1H3/t14-,15+,16-/m0/s1. The van der Waals surface area contributed by atoms with E-state index in [2.05, 4.69) is 26.7 Å². The van der Waals surface area contributed by atoms with Gasteiger partial charge in [0.05, 0.1) is 5.92 Å². The number of hydrogen-bond donors (Lipinski definition) is 0. The van der Waals surface area contributed by atoms with Crippen molar-refractivity contribution in [2.75, 3.05) is 38.1 Å². The average Bonchev–Trinajstić information content (AvgIpc) is 3.35. The van der Waals surface area contributed by atoms with Crippen LogP contribution in [0.15, 0.2) is 11.6 Å². The van der Waals surface area contributed by atoms with E-state index < -0.39 is 0 Å². The Balaban J connectivity index is 1.44. The number of carbonyl (C=O) groups is 1. The number of aromatic nitrogens is 1. The number of carbonyl (C=O) groups excluding carboxylic acids is 1. The Morgan fingerprint density at radius 3 is 2.67 bits per heavy atom. The van der Waals surface area contributed by atoms with Gasteiger partial charge in [-0.15, -0.1) is 11.3 Å². The number of hydrogen-bond acceptors (Lipinski definition) is 5.